The highest BCUT2D eigenvalue weighted by Gasteiger charge is 2.24. The summed E-state index contributed by atoms with van der Waals surface area (Å²) in [4.78, 5) is 39.4. The summed E-state index contributed by atoms with van der Waals surface area (Å²) in [6.45, 7) is 4.82. The third-order valence-corrected chi connectivity index (χ3v) is 4.60. The minimum atomic E-state index is -1.20. The minimum absolute atomic E-state index is 0.00994. The lowest BCUT2D eigenvalue weighted by atomic mass is 10.0. The van der Waals surface area contributed by atoms with Crippen molar-refractivity contribution < 1.29 is 23.6 Å². The Morgan fingerprint density at radius 2 is 1.90 bits per heavy atom. The van der Waals surface area contributed by atoms with E-state index in [4.69, 9.17) is 4.74 Å². The van der Waals surface area contributed by atoms with Crippen LogP contribution >= 0.6 is 0 Å². The first-order valence-electron chi connectivity index (χ1n) is 9.00. The molecule has 0 aliphatic carbocycles. The average molecular weight is 411 g/mol. The second kappa shape index (κ2) is 8.24. The largest absolute Gasteiger partial charge is 0.449 e. The van der Waals surface area contributed by atoms with Crippen LogP contribution in [-0.4, -0.2) is 27.9 Å². The van der Waals surface area contributed by atoms with Crippen molar-refractivity contribution in [3.8, 4) is 0 Å². The van der Waals surface area contributed by atoms with E-state index in [1.165, 1.54) is 13.0 Å². The van der Waals surface area contributed by atoms with E-state index in [0.29, 0.717) is 11.3 Å². The molecule has 0 unspecified atom stereocenters. The van der Waals surface area contributed by atoms with Crippen molar-refractivity contribution in [2.75, 3.05) is 5.32 Å². The number of nitro groups is 1. The summed E-state index contributed by atoms with van der Waals surface area (Å²) in [7, 11) is 0. The van der Waals surface area contributed by atoms with Gasteiger partial charge in [-0.25, -0.2) is 4.79 Å². The lowest BCUT2D eigenvalue weighted by Crippen LogP contribution is -2.30. The van der Waals surface area contributed by atoms with E-state index >= 15 is 0 Å². The molecule has 0 fully saturated rings. The fraction of sp³-hybridized carbons (Fsp3) is 0.190. The predicted octanol–water partition coefficient (Wildman–Crippen LogP) is 4.08. The second-order valence-electron chi connectivity index (χ2n) is 6.67. The molecule has 8 nitrogen and oxygen atoms in total. The Bertz CT molecular complexity index is 1180. The van der Waals surface area contributed by atoms with Crippen molar-refractivity contribution in [3.63, 3.8) is 0 Å². The quantitative estimate of drug-likeness (QED) is 0.385. The molecular weight excluding hydrogens is 393 g/mol. The SMILES string of the molecule is Cc1nc2ccccc2c(C)c1C(=O)O[C@@H](C)C(=O)Nc1ccc(F)c([N+](=O)[O-])c1. The average Bonchev–Trinajstić information content (AvgIpc) is 2.69. The van der Waals surface area contributed by atoms with Gasteiger partial charge in [0.15, 0.2) is 6.10 Å². The van der Waals surface area contributed by atoms with Crippen molar-refractivity contribution in [2.24, 2.45) is 0 Å². The van der Waals surface area contributed by atoms with Gasteiger partial charge in [-0.1, -0.05) is 18.2 Å². The molecule has 1 heterocycles. The van der Waals surface area contributed by atoms with Crippen molar-refractivity contribution in [1.82, 2.24) is 4.98 Å². The topological polar surface area (TPSA) is 111 Å². The third-order valence-electron chi connectivity index (χ3n) is 4.60. The zero-order chi connectivity index (χ0) is 22.0. The van der Waals surface area contributed by atoms with E-state index in [9.17, 15) is 24.1 Å². The molecule has 3 rings (SSSR count). The third kappa shape index (κ3) is 4.09. The molecule has 3 aromatic rings. The van der Waals surface area contributed by atoms with Crippen molar-refractivity contribution in [1.29, 1.82) is 0 Å². The minimum Gasteiger partial charge on any atom is -0.449 e. The van der Waals surface area contributed by atoms with Crippen LogP contribution in [0.25, 0.3) is 10.9 Å². The summed E-state index contributed by atoms with van der Waals surface area (Å²) in [5, 5.41) is 14.0. The number of rotatable bonds is 5. The molecule has 1 atom stereocenters. The number of pyridine rings is 1. The van der Waals surface area contributed by atoms with Crippen LogP contribution in [0.4, 0.5) is 15.8 Å². The zero-order valence-corrected chi connectivity index (χ0v) is 16.4. The number of para-hydroxylation sites is 1. The van der Waals surface area contributed by atoms with Gasteiger partial charge in [-0.05, 0) is 44.5 Å². The number of aromatic nitrogens is 1. The van der Waals surface area contributed by atoms with Crippen LogP contribution in [0.1, 0.15) is 28.5 Å². The number of hydrogen-bond donors (Lipinski definition) is 1. The molecule has 0 spiro atoms. The maximum absolute atomic E-state index is 13.4. The van der Waals surface area contributed by atoms with Crippen LogP contribution in [0.3, 0.4) is 0 Å². The van der Waals surface area contributed by atoms with E-state index < -0.39 is 34.4 Å². The Kier molecular flexibility index (Phi) is 5.72. The number of carbonyl (C=O) groups is 2. The number of esters is 1. The second-order valence-corrected chi connectivity index (χ2v) is 6.67. The van der Waals surface area contributed by atoms with Gasteiger partial charge in [-0.2, -0.15) is 4.39 Å². The first-order chi connectivity index (χ1) is 14.2. The summed E-state index contributed by atoms with van der Waals surface area (Å²) < 4.78 is 18.7. The molecule has 1 N–H and O–H groups in total. The Hall–Kier alpha value is -3.88. The van der Waals surface area contributed by atoms with Gasteiger partial charge in [0.2, 0.25) is 5.82 Å². The molecule has 9 heteroatoms. The van der Waals surface area contributed by atoms with Crippen LogP contribution in [-0.2, 0) is 9.53 Å². The Morgan fingerprint density at radius 1 is 1.20 bits per heavy atom. The van der Waals surface area contributed by atoms with Gasteiger partial charge in [0.05, 0.1) is 21.7 Å². The molecule has 0 aliphatic rings. The first-order valence-corrected chi connectivity index (χ1v) is 9.00. The highest BCUT2D eigenvalue weighted by molar-refractivity contribution is 6.01. The normalized spacial score (nSPS) is 11.7. The van der Waals surface area contributed by atoms with Gasteiger partial charge in [0, 0.05) is 17.1 Å². The summed E-state index contributed by atoms with van der Waals surface area (Å²) in [6, 6.07) is 10.3. The molecule has 1 amide bonds. The van der Waals surface area contributed by atoms with Crippen LogP contribution in [0.5, 0.6) is 0 Å². The first kappa shape index (κ1) is 20.8. The molecule has 0 radical (unpaired) electrons. The van der Waals surface area contributed by atoms with Gasteiger partial charge in [0.1, 0.15) is 0 Å². The maximum atomic E-state index is 13.4. The van der Waals surface area contributed by atoms with Crippen LogP contribution in [0, 0.1) is 29.8 Å². The van der Waals surface area contributed by atoms with Gasteiger partial charge in [0.25, 0.3) is 5.91 Å². The standard InChI is InChI=1S/C21H18FN3O5/c1-11-15-6-4-5-7-17(15)23-12(2)19(11)21(27)30-13(3)20(26)24-14-8-9-16(22)18(10-14)25(28)29/h4-10,13H,1-3H3,(H,24,26)/t13-/m0/s1. The Balaban J connectivity index is 1.78. The lowest BCUT2D eigenvalue weighted by Gasteiger charge is -2.16. The monoisotopic (exact) mass is 411 g/mol. The number of carbonyl (C=O) groups excluding carboxylic acids is 2. The van der Waals surface area contributed by atoms with E-state index in [2.05, 4.69) is 10.3 Å². The number of benzene rings is 2. The van der Waals surface area contributed by atoms with Gasteiger partial charge < -0.3 is 10.1 Å². The van der Waals surface area contributed by atoms with Crippen LogP contribution in [0.2, 0.25) is 0 Å². The van der Waals surface area contributed by atoms with E-state index in [-0.39, 0.29) is 11.3 Å². The van der Waals surface area contributed by atoms with Crippen LogP contribution in [0.15, 0.2) is 42.5 Å². The molecule has 30 heavy (non-hydrogen) atoms. The number of fused-ring (bicyclic) bond motifs is 1. The molecule has 0 saturated heterocycles. The van der Waals surface area contributed by atoms with Gasteiger partial charge in [-0.15, -0.1) is 0 Å². The van der Waals surface area contributed by atoms with Gasteiger partial charge in [-0.3, -0.25) is 19.9 Å². The smallest absolute Gasteiger partial charge is 0.341 e. The van der Waals surface area contributed by atoms with Gasteiger partial charge >= 0.3 is 11.7 Å². The molecule has 2 aromatic carbocycles. The highest BCUT2D eigenvalue weighted by Crippen LogP contribution is 2.24. The summed E-state index contributed by atoms with van der Waals surface area (Å²) >= 11 is 0. The number of hydrogen-bond acceptors (Lipinski definition) is 6. The summed E-state index contributed by atoms with van der Waals surface area (Å²) in [5.74, 6) is -2.45. The summed E-state index contributed by atoms with van der Waals surface area (Å²) in [6.07, 6.45) is -1.20. The van der Waals surface area contributed by atoms with Crippen molar-refractivity contribution >= 4 is 34.2 Å². The number of ether oxygens (including phenoxy) is 1. The molecule has 0 bridgehead atoms. The lowest BCUT2D eigenvalue weighted by molar-refractivity contribution is -0.387. The van der Waals surface area contributed by atoms with Crippen molar-refractivity contribution in [2.45, 2.75) is 26.9 Å². The fourth-order valence-electron chi connectivity index (χ4n) is 3.08. The molecular formula is C21H18FN3O5. The van der Waals surface area contributed by atoms with E-state index in [1.807, 2.05) is 24.3 Å². The van der Waals surface area contributed by atoms with E-state index in [1.54, 1.807) is 13.8 Å². The number of halogens is 1. The number of aryl methyl sites for hydroxylation is 2. The summed E-state index contributed by atoms with van der Waals surface area (Å²) in [5.41, 5.74) is 1.41. The number of anilines is 1. The Labute approximate surface area is 170 Å². The Morgan fingerprint density at radius 3 is 2.60 bits per heavy atom. The molecule has 1 aromatic heterocycles. The number of amides is 1. The van der Waals surface area contributed by atoms with E-state index in [0.717, 1.165) is 23.0 Å². The number of nitro benzene ring substituents is 1. The van der Waals surface area contributed by atoms with Crippen molar-refractivity contribution in [3.05, 3.63) is 75.2 Å². The number of nitrogens with zero attached hydrogens (tertiary/aromatic N) is 2. The molecule has 0 aliphatic heterocycles. The maximum Gasteiger partial charge on any atom is 0.341 e. The highest BCUT2D eigenvalue weighted by atomic mass is 19.1. The van der Waals surface area contributed by atoms with Crippen LogP contribution < -0.4 is 5.32 Å². The molecule has 154 valence electrons. The number of nitrogens with one attached hydrogen (secondary N) is 1. The fourth-order valence-corrected chi connectivity index (χ4v) is 3.08. The predicted molar refractivity (Wildman–Crippen MR) is 108 cm³/mol. The zero-order valence-electron chi connectivity index (χ0n) is 16.4. The molecule has 0 saturated carbocycles.